The molecule has 2 aromatic carbocycles. The molecule has 108 valence electrons. The average molecular weight is 307 g/mol. The fourth-order valence-corrected chi connectivity index (χ4v) is 1.89. The summed E-state index contributed by atoms with van der Waals surface area (Å²) in [4.78, 5) is 0. The highest BCUT2D eigenvalue weighted by atomic mass is 35.5. The maximum Gasteiger partial charge on any atom is 0.132 e. The van der Waals surface area contributed by atoms with Crippen LogP contribution < -0.4 is 4.74 Å². The molecule has 0 aliphatic carbocycles. The second-order valence-corrected chi connectivity index (χ2v) is 4.71. The van der Waals surface area contributed by atoms with Gasteiger partial charge in [0.25, 0.3) is 0 Å². The summed E-state index contributed by atoms with van der Waals surface area (Å²) < 4.78 is 31.9. The van der Waals surface area contributed by atoms with E-state index in [0.29, 0.717) is 11.3 Å². The summed E-state index contributed by atoms with van der Waals surface area (Å²) in [5, 5.41) is 0. The molecule has 0 bridgehead atoms. The van der Waals surface area contributed by atoms with E-state index >= 15 is 0 Å². The summed E-state index contributed by atoms with van der Waals surface area (Å²) in [6.45, 7) is 1.92. The molecule has 21 heavy (non-hydrogen) atoms. The lowest BCUT2D eigenvalue weighted by atomic mass is 10.1. The Morgan fingerprint density at radius 1 is 1.14 bits per heavy atom. The lowest BCUT2D eigenvalue weighted by molar-refractivity contribution is 0.297. The number of rotatable bonds is 3. The fraction of sp³-hybridized carbons (Fsp3) is 0.176. The van der Waals surface area contributed by atoms with Gasteiger partial charge in [-0.05, 0) is 42.8 Å². The van der Waals surface area contributed by atoms with Crippen molar-refractivity contribution in [3.63, 3.8) is 0 Å². The molecule has 0 fully saturated rings. The SMILES string of the molecule is Cc1cc(C#CCCl)ccc1OCc1ccc(F)cc1F. The van der Waals surface area contributed by atoms with E-state index in [1.807, 2.05) is 19.1 Å². The molecule has 0 atom stereocenters. The number of alkyl halides is 1. The van der Waals surface area contributed by atoms with Crippen LogP contribution in [0.25, 0.3) is 0 Å². The highest BCUT2D eigenvalue weighted by Crippen LogP contribution is 2.21. The Morgan fingerprint density at radius 2 is 1.95 bits per heavy atom. The second kappa shape index (κ2) is 7.10. The summed E-state index contributed by atoms with van der Waals surface area (Å²) in [5.74, 6) is 5.38. The first-order chi connectivity index (χ1) is 10.1. The van der Waals surface area contributed by atoms with Crippen molar-refractivity contribution >= 4 is 11.6 Å². The van der Waals surface area contributed by atoms with Gasteiger partial charge in [-0.25, -0.2) is 8.78 Å². The number of benzene rings is 2. The zero-order valence-electron chi connectivity index (χ0n) is 11.4. The molecule has 2 aromatic rings. The molecule has 0 aliphatic heterocycles. The number of aryl methyl sites for hydroxylation is 1. The minimum atomic E-state index is -0.614. The Kier molecular flexibility index (Phi) is 5.19. The van der Waals surface area contributed by atoms with Crippen LogP contribution in [0.2, 0.25) is 0 Å². The number of hydrogen-bond acceptors (Lipinski definition) is 1. The second-order valence-electron chi connectivity index (χ2n) is 4.44. The Morgan fingerprint density at radius 3 is 2.62 bits per heavy atom. The molecule has 0 spiro atoms. The van der Waals surface area contributed by atoms with Crippen LogP contribution in [-0.2, 0) is 6.61 Å². The summed E-state index contributed by atoms with van der Waals surface area (Å²) in [5.41, 5.74) is 2.04. The molecule has 0 aromatic heterocycles. The van der Waals surface area contributed by atoms with Gasteiger partial charge in [0.2, 0.25) is 0 Å². The monoisotopic (exact) mass is 306 g/mol. The third kappa shape index (κ3) is 4.21. The molecule has 2 rings (SSSR count). The predicted molar refractivity (Wildman–Crippen MR) is 79.5 cm³/mol. The summed E-state index contributed by atoms with van der Waals surface area (Å²) in [6, 6.07) is 8.88. The molecular formula is C17H13ClF2O. The smallest absolute Gasteiger partial charge is 0.132 e. The molecule has 4 heteroatoms. The van der Waals surface area contributed by atoms with Crippen molar-refractivity contribution in [3.05, 3.63) is 64.7 Å². The first kappa shape index (κ1) is 15.3. The first-order valence-electron chi connectivity index (χ1n) is 6.32. The van der Waals surface area contributed by atoms with Crippen molar-refractivity contribution in [1.82, 2.24) is 0 Å². The molecule has 0 N–H and O–H groups in total. The number of ether oxygens (including phenoxy) is 1. The Bertz CT molecular complexity index is 702. The van der Waals surface area contributed by atoms with E-state index in [1.165, 1.54) is 12.1 Å². The van der Waals surface area contributed by atoms with Gasteiger partial charge in [0.15, 0.2) is 0 Å². The molecule has 0 aliphatic rings. The lowest BCUT2D eigenvalue weighted by Gasteiger charge is -2.10. The molecule has 0 saturated carbocycles. The van der Waals surface area contributed by atoms with Gasteiger partial charge in [-0.15, -0.1) is 11.6 Å². The molecule has 1 nitrogen and oxygen atoms in total. The van der Waals surface area contributed by atoms with Gasteiger partial charge in [-0.2, -0.15) is 0 Å². The van der Waals surface area contributed by atoms with Crippen molar-refractivity contribution in [2.24, 2.45) is 0 Å². The van der Waals surface area contributed by atoms with Crippen LogP contribution in [0.1, 0.15) is 16.7 Å². The number of halogens is 3. The average Bonchev–Trinajstić information content (AvgIpc) is 2.45. The molecule has 0 radical (unpaired) electrons. The fourth-order valence-electron chi connectivity index (χ4n) is 1.82. The van der Waals surface area contributed by atoms with Gasteiger partial charge in [0, 0.05) is 17.2 Å². The van der Waals surface area contributed by atoms with Crippen LogP contribution in [0.15, 0.2) is 36.4 Å². The maximum absolute atomic E-state index is 13.5. The maximum atomic E-state index is 13.5. The third-order valence-corrected chi connectivity index (χ3v) is 3.01. The predicted octanol–water partition coefficient (Wildman–Crippen LogP) is 4.44. The zero-order valence-corrected chi connectivity index (χ0v) is 12.2. The van der Waals surface area contributed by atoms with E-state index < -0.39 is 11.6 Å². The van der Waals surface area contributed by atoms with Crippen molar-refractivity contribution in [2.75, 3.05) is 5.88 Å². The highest BCUT2D eigenvalue weighted by Gasteiger charge is 2.06. The van der Waals surface area contributed by atoms with E-state index in [-0.39, 0.29) is 12.5 Å². The minimum Gasteiger partial charge on any atom is -0.489 e. The molecule has 0 unspecified atom stereocenters. The van der Waals surface area contributed by atoms with Crippen molar-refractivity contribution in [2.45, 2.75) is 13.5 Å². The van der Waals surface area contributed by atoms with Crippen LogP contribution in [0.3, 0.4) is 0 Å². The Labute approximate surface area is 127 Å². The van der Waals surface area contributed by atoms with Crippen molar-refractivity contribution in [3.8, 4) is 17.6 Å². The van der Waals surface area contributed by atoms with Crippen molar-refractivity contribution in [1.29, 1.82) is 0 Å². The molecule has 0 saturated heterocycles. The van der Waals surface area contributed by atoms with E-state index in [9.17, 15) is 8.78 Å². The topological polar surface area (TPSA) is 9.23 Å². The first-order valence-corrected chi connectivity index (χ1v) is 6.86. The van der Waals surface area contributed by atoms with E-state index in [2.05, 4.69) is 11.8 Å². The van der Waals surface area contributed by atoms with E-state index in [4.69, 9.17) is 16.3 Å². The summed E-state index contributed by atoms with van der Waals surface area (Å²) in [6.07, 6.45) is 0. The van der Waals surface area contributed by atoms with Crippen LogP contribution in [0, 0.1) is 30.4 Å². The van der Waals surface area contributed by atoms with Gasteiger partial charge in [-0.1, -0.05) is 11.8 Å². The van der Waals surface area contributed by atoms with Crippen LogP contribution >= 0.6 is 11.6 Å². The minimum absolute atomic E-state index is 0.0413. The Balaban J connectivity index is 2.09. The van der Waals surface area contributed by atoms with E-state index in [1.54, 1.807) is 6.07 Å². The van der Waals surface area contributed by atoms with Gasteiger partial charge < -0.3 is 4.74 Å². The van der Waals surface area contributed by atoms with Gasteiger partial charge >= 0.3 is 0 Å². The van der Waals surface area contributed by atoms with Crippen LogP contribution in [0.5, 0.6) is 5.75 Å². The summed E-state index contributed by atoms with van der Waals surface area (Å²) >= 11 is 5.51. The normalized spacial score (nSPS) is 9.90. The Hall–Kier alpha value is -2.05. The van der Waals surface area contributed by atoms with Crippen LogP contribution in [-0.4, -0.2) is 5.88 Å². The van der Waals surface area contributed by atoms with Gasteiger partial charge in [0.05, 0.1) is 5.88 Å². The molecular weight excluding hydrogens is 294 g/mol. The van der Waals surface area contributed by atoms with E-state index in [0.717, 1.165) is 17.2 Å². The quantitative estimate of drug-likeness (QED) is 0.601. The largest absolute Gasteiger partial charge is 0.489 e. The summed E-state index contributed by atoms with van der Waals surface area (Å²) in [7, 11) is 0. The van der Waals surface area contributed by atoms with Gasteiger partial charge in [-0.3, -0.25) is 0 Å². The van der Waals surface area contributed by atoms with Crippen LogP contribution in [0.4, 0.5) is 8.78 Å². The molecule has 0 amide bonds. The third-order valence-electron chi connectivity index (χ3n) is 2.87. The van der Waals surface area contributed by atoms with Gasteiger partial charge in [0.1, 0.15) is 24.0 Å². The number of hydrogen-bond donors (Lipinski definition) is 0. The standard InChI is InChI=1S/C17H13ClF2O/c1-12-9-13(3-2-8-18)4-7-17(12)21-11-14-5-6-15(19)10-16(14)20/h4-7,9-10H,8,11H2,1H3. The zero-order chi connectivity index (χ0) is 15.2. The van der Waals surface area contributed by atoms with Crippen molar-refractivity contribution < 1.29 is 13.5 Å². The highest BCUT2D eigenvalue weighted by molar-refractivity contribution is 6.19. The lowest BCUT2D eigenvalue weighted by Crippen LogP contribution is -2.00. The molecule has 0 heterocycles.